The summed E-state index contributed by atoms with van der Waals surface area (Å²) in [5.41, 5.74) is 1.16. The average molecular weight is 228 g/mol. The van der Waals surface area contributed by atoms with Crippen LogP contribution in [-0.2, 0) is 0 Å². The van der Waals surface area contributed by atoms with E-state index >= 15 is 0 Å². The van der Waals surface area contributed by atoms with Crippen molar-refractivity contribution in [3.8, 4) is 0 Å². The third kappa shape index (κ3) is 2.50. The molecule has 0 spiro atoms. The molecule has 1 heteroatoms. The number of thiophene rings is 1. The van der Waals surface area contributed by atoms with E-state index in [1.807, 2.05) is 31.2 Å². The zero-order chi connectivity index (χ0) is 12.0. The van der Waals surface area contributed by atoms with Gasteiger partial charge in [-0.15, -0.1) is 11.3 Å². The van der Waals surface area contributed by atoms with Gasteiger partial charge in [0.1, 0.15) is 0 Å². The van der Waals surface area contributed by atoms with Crippen molar-refractivity contribution < 1.29 is 0 Å². The summed E-state index contributed by atoms with van der Waals surface area (Å²) in [5, 5.41) is 1.17. The van der Waals surface area contributed by atoms with E-state index in [2.05, 4.69) is 25.8 Å². The molecule has 0 amide bonds. The molecule has 0 atom stereocenters. The fourth-order valence-electron chi connectivity index (χ4n) is 1.50. The minimum atomic E-state index is 1.16. The van der Waals surface area contributed by atoms with E-state index in [9.17, 15) is 0 Å². The van der Waals surface area contributed by atoms with E-state index in [0.717, 1.165) is 5.56 Å². The van der Waals surface area contributed by atoms with Crippen LogP contribution in [-0.4, -0.2) is 0 Å². The lowest BCUT2D eigenvalue weighted by atomic mass is 10.2. The molecule has 0 saturated heterocycles. The summed E-state index contributed by atoms with van der Waals surface area (Å²) in [7, 11) is 0. The molecule has 0 fully saturated rings. The summed E-state index contributed by atoms with van der Waals surface area (Å²) < 4.78 is 1.19. The van der Waals surface area contributed by atoms with Crippen LogP contribution in [0.15, 0.2) is 38.0 Å². The normalized spacial score (nSPS) is 13.3. The van der Waals surface area contributed by atoms with Crippen molar-refractivity contribution in [2.75, 3.05) is 0 Å². The summed E-state index contributed by atoms with van der Waals surface area (Å²) in [4.78, 5) is 1.22. The minimum absolute atomic E-state index is 1.16. The maximum atomic E-state index is 3.87. The van der Waals surface area contributed by atoms with Crippen molar-refractivity contribution in [1.82, 2.24) is 0 Å². The predicted molar refractivity (Wildman–Crippen MR) is 77.7 cm³/mol. The first-order valence-electron chi connectivity index (χ1n) is 5.12. The van der Waals surface area contributed by atoms with Gasteiger partial charge >= 0.3 is 0 Å². The van der Waals surface area contributed by atoms with Gasteiger partial charge in [0, 0.05) is 14.6 Å². The van der Waals surface area contributed by atoms with Gasteiger partial charge in [0.25, 0.3) is 0 Å². The molecule has 0 nitrogen and oxygen atoms in total. The van der Waals surface area contributed by atoms with Crippen LogP contribution < -0.4 is 9.75 Å². The Bertz CT molecular complexity index is 539. The lowest BCUT2D eigenvalue weighted by Gasteiger charge is -1.89. The second kappa shape index (κ2) is 6.09. The van der Waals surface area contributed by atoms with E-state index in [4.69, 9.17) is 0 Å². The van der Waals surface area contributed by atoms with E-state index in [-0.39, 0.29) is 0 Å². The molecular formula is C15H16S. The molecule has 0 aliphatic heterocycles. The lowest BCUT2D eigenvalue weighted by molar-refractivity contribution is 1.65. The molecule has 0 aliphatic carbocycles. The standard InChI is InChI=1S/C15H16S/c1-5-9-13-12(8-4)14(10-6-2)16-15(13)11-7-3/h5-11H,1,3-4H2,2H3/b10-6-,13-9-,15-11+. The highest BCUT2D eigenvalue weighted by Gasteiger charge is 2.02. The Morgan fingerprint density at radius 2 is 1.75 bits per heavy atom. The molecular weight excluding hydrogens is 212 g/mol. The van der Waals surface area contributed by atoms with Crippen molar-refractivity contribution in [2.45, 2.75) is 6.92 Å². The Hall–Kier alpha value is -1.60. The van der Waals surface area contributed by atoms with Gasteiger partial charge in [-0.2, -0.15) is 0 Å². The minimum Gasteiger partial charge on any atom is -0.135 e. The van der Waals surface area contributed by atoms with Crippen LogP contribution in [0.5, 0.6) is 0 Å². The van der Waals surface area contributed by atoms with Gasteiger partial charge in [-0.1, -0.05) is 50.1 Å². The van der Waals surface area contributed by atoms with Crippen molar-refractivity contribution in [3.05, 3.63) is 58.2 Å². The van der Waals surface area contributed by atoms with Gasteiger partial charge in [0.2, 0.25) is 0 Å². The van der Waals surface area contributed by atoms with Crippen LogP contribution in [0, 0.1) is 0 Å². The first-order valence-corrected chi connectivity index (χ1v) is 5.93. The van der Waals surface area contributed by atoms with Crippen molar-refractivity contribution in [2.24, 2.45) is 0 Å². The third-order valence-electron chi connectivity index (χ3n) is 2.12. The second-order valence-electron chi connectivity index (χ2n) is 3.17. The highest BCUT2D eigenvalue weighted by molar-refractivity contribution is 7.11. The molecule has 16 heavy (non-hydrogen) atoms. The molecule has 0 radical (unpaired) electrons. The number of rotatable bonds is 4. The van der Waals surface area contributed by atoms with Crippen molar-refractivity contribution in [1.29, 1.82) is 0 Å². The molecule has 0 N–H and O–H groups in total. The summed E-state index contributed by atoms with van der Waals surface area (Å²) in [6.45, 7) is 13.4. The van der Waals surface area contributed by atoms with Crippen LogP contribution in [0.4, 0.5) is 0 Å². The van der Waals surface area contributed by atoms with E-state index < -0.39 is 0 Å². The maximum Gasteiger partial charge on any atom is 0.0355 e. The molecule has 1 aromatic heterocycles. The molecule has 1 aromatic rings. The largest absolute Gasteiger partial charge is 0.135 e. The Labute approximate surface area is 101 Å². The van der Waals surface area contributed by atoms with Gasteiger partial charge in [-0.05, 0) is 24.6 Å². The highest BCUT2D eigenvalue weighted by atomic mass is 32.1. The molecule has 1 rings (SSSR count). The van der Waals surface area contributed by atoms with Crippen LogP contribution in [0.1, 0.15) is 17.4 Å². The van der Waals surface area contributed by atoms with Crippen LogP contribution in [0.2, 0.25) is 0 Å². The van der Waals surface area contributed by atoms with Gasteiger partial charge in [-0.25, -0.2) is 0 Å². The van der Waals surface area contributed by atoms with Crippen molar-refractivity contribution in [3.63, 3.8) is 0 Å². The first kappa shape index (κ1) is 12.5. The molecule has 0 saturated carbocycles. The molecule has 1 heterocycles. The summed E-state index contributed by atoms with van der Waals surface area (Å²) in [6, 6.07) is 0. The smallest absolute Gasteiger partial charge is 0.0355 e. The van der Waals surface area contributed by atoms with Gasteiger partial charge in [-0.3, -0.25) is 0 Å². The monoisotopic (exact) mass is 228 g/mol. The van der Waals surface area contributed by atoms with Gasteiger partial charge in [0.15, 0.2) is 0 Å². The van der Waals surface area contributed by atoms with Crippen LogP contribution in [0.25, 0.3) is 24.3 Å². The molecule has 0 aromatic carbocycles. The van der Waals surface area contributed by atoms with E-state index in [1.54, 1.807) is 23.5 Å². The Morgan fingerprint density at radius 3 is 2.25 bits per heavy atom. The maximum absolute atomic E-state index is 3.87. The predicted octanol–water partition coefficient (Wildman–Crippen LogP) is 3.36. The summed E-state index contributed by atoms with van der Waals surface area (Å²) in [5.74, 6) is 0. The van der Waals surface area contributed by atoms with Gasteiger partial charge in [0.05, 0.1) is 0 Å². The molecule has 0 aliphatic rings. The van der Waals surface area contributed by atoms with Crippen LogP contribution in [0.3, 0.4) is 0 Å². The molecule has 82 valence electrons. The van der Waals surface area contributed by atoms with E-state index in [1.165, 1.54) is 14.6 Å². The number of hydrogen-bond donors (Lipinski definition) is 0. The zero-order valence-electron chi connectivity index (χ0n) is 9.57. The second-order valence-corrected chi connectivity index (χ2v) is 4.25. The average Bonchev–Trinajstić information content (AvgIpc) is 2.58. The Kier molecular flexibility index (Phi) is 4.74. The van der Waals surface area contributed by atoms with Crippen molar-refractivity contribution >= 4 is 35.6 Å². The highest BCUT2D eigenvalue weighted by Crippen LogP contribution is 2.12. The van der Waals surface area contributed by atoms with Gasteiger partial charge < -0.3 is 0 Å². The Balaban J connectivity index is 3.72. The quantitative estimate of drug-likeness (QED) is 0.741. The number of hydrogen-bond acceptors (Lipinski definition) is 1. The van der Waals surface area contributed by atoms with E-state index in [0.29, 0.717) is 0 Å². The fraction of sp³-hybridized carbons (Fsp3) is 0.0667. The van der Waals surface area contributed by atoms with Crippen LogP contribution >= 0.6 is 11.3 Å². The summed E-state index contributed by atoms with van der Waals surface area (Å²) in [6.07, 6.45) is 13.7. The fourth-order valence-corrected chi connectivity index (χ4v) is 2.70. The topological polar surface area (TPSA) is 0 Å². The SMILES string of the molecule is C=C/C=c1/c(C=C)c(/C=C\C)s/c1=C/C=C. The lowest BCUT2D eigenvalue weighted by Crippen LogP contribution is -2.19. The molecule has 0 unspecified atom stereocenters. The number of allylic oxidation sites excluding steroid dienone is 3. The third-order valence-corrected chi connectivity index (χ3v) is 3.27. The first-order chi connectivity index (χ1) is 7.78. The Morgan fingerprint density at radius 1 is 1.06 bits per heavy atom. The molecule has 0 bridgehead atoms. The summed E-state index contributed by atoms with van der Waals surface area (Å²) >= 11 is 1.74. The zero-order valence-corrected chi connectivity index (χ0v) is 10.4.